The zero-order valence-electron chi connectivity index (χ0n) is 10.4. The molecule has 0 aliphatic heterocycles. The lowest BCUT2D eigenvalue weighted by molar-refractivity contribution is -0.384. The first-order valence-corrected chi connectivity index (χ1v) is 6.59. The highest BCUT2D eigenvalue weighted by atomic mass is 79.9. The molecule has 0 fully saturated rings. The molecule has 0 aromatic heterocycles. The van der Waals surface area contributed by atoms with Crippen molar-refractivity contribution < 1.29 is 4.92 Å². The maximum absolute atomic E-state index is 10.6. The van der Waals surface area contributed by atoms with Crippen LogP contribution in [0.25, 0.3) is 0 Å². The number of hydrogen-bond acceptors (Lipinski definition) is 3. The van der Waals surface area contributed by atoms with E-state index < -0.39 is 4.92 Å². The highest BCUT2D eigenvalue weighted by molar-refractivity contribution is 9.10. The van der Waals surface area contributed by atoms with Crippen molar-refractivity contribution in [3.8, 4) is 0 Å². The summed E-state index contributed by atoms with van der Waals surface area (Å²) in [5, 5.41) is 13.9. The molecule has 0 spiro atoms. The van der Waals surface area contributed by atoms with Gasteiger partial charge in [0.1, 0.15) is 0 Å². The van der Waals surface area contributed by atoms with Crippen molar-refractivity contribution in [2.45, 2.75) is 13.5 Å². The summed E-state index contributed by atoms with van der Waals surface area (Å²) in [7, 11) is 0. The Labute approximate surface area is 119 Å². The van der Waals surface area contributed by atoms with E-state index in [4.69, 9.17) is 0 Å². The number of nitrogens with one attached hydrogen (secondary N) is 1. The van der Waals surface area contributed by atoms with Crippen LogP contribution in [0.2, 0.25) is 0 Å². The van der Waals surface area contributed by atoms with Gasteiger partial charge in [-0.15, -0.1) is 0 Å². The van der Waals surface area contributed by atoms with Crippen molar-refractivity contribution in [2.75, 3.05) is 5.32 Å². The molecule has 2 aromatic carbocycles. The molecule has 98 valence electrons. The summed E-state index contributed by atoms with van der Waals surface area (Å²) in [6, 6.07) is 12.6. The molecule has 0 aliphatic carbocycles. The number of halogens is 1. The zero-order chi connectivity index (χ0) is 13.8. The minimum Gasteiger partial charge on any atom is -0.380 e. The molecule has 0 saturated carbocycles. The summed E-state index contributed by atoms with van der Waals surface area (Å²) in [4.78, 5) is 10.2. The molecule has 1 N–H and O–H groups in total. The fourth-order valence-corrected chi connectivity index (χ4v) is 2.12. The lowest BCUT2D eigenvalue weighted by atomic mass is 10.2. The van der Waals surface area contributed by atoms with Gasteiger partial charge in [-0.1, -0.05) is 24.3 Å². The summed E-state index contributed by atoms with van der Waals surface area (Å²) in [6.07, 6.45) is 0. The fourth-order valence-electron chi connectivity index (χ4n) is 1.72. The topological polar surface area (TPSA) is 55.2 Å². The summed E-state index contributed by atoms with van der Waals surface area (Å²) >= 11 is 3.53. The SMILES string of the molecule is Cc1cccc(NCc2ccc([N+](=O)[O-])cc2)c1Br. The highest BCUT2D eigenvalue weighted by Gasteiger charge is 2.05. The molecule has 19 heavy (non-hydrogen) atoms. The quantitative estimate of drug-likeness (QED) is 0.675. The van der Waals surface area contributed by atoms with E-state index in [1.807, 2.05) is 25.1 Å². The monoisotopic (exact) mass is 320 g/mol. The molecule has 2 rings (SSSR count). The number of nitrogens with zero attached hydrogens (tertiary/aromatic N) is 1. The Morgan fingerprint density at radius 1 is 1.21 bits per heavy atom. The van der Waals surface area contributed by atoms with Crippen LogP contribution in [-0.2, 0) is 6.54 Å². The molecular weight excluding hydrogens is 308 g/mol. The van der Waals surface area contributed by atoms with Gasteiger partial charge in [0.05, 0.1) is 4.92 Å². The van der Waals surface area contributed by atoms with Crippen LogP contribution in [0.1, 0.15) is 11.1 Å². The molecule has 5 heteroatoms. The summed E-state index contributed by atoms with van der Waals surface area (Å²) in [5.41, 5.74) is 3.28. The van der Waals surface area contributed by atoms with E-state index >= 15 is 0 Å². The molecule has 0 unspecified atom stereocenters. The molecule has 0 atom stereocenters. The molecule has 0 radical (unpaired) electrons. The third-order valence-corrected chi connectivity index (χ3v) is 3.87. The Balaban J connectivity index is 2.06. The average molecular weight is 321 g/mol. The maximum atomic E-state index is 10.6. The lowest BCUT2D eigenvalue weighted by Gasteiger charge is -2.10. The number of nitro groups is 1. The highest BCUT2D eigenvalue weighted by Crippen LogP contribution is 2.26. The van der Waals surface area contributed by atoms with Gasteiger partial charge in [0, 0.05) is 28.8 Å². The van der Waals surface area contributed by atoms with Gasteiger partial charge in [0.2, 0.25) is 0 Å². The molecule has 0 amide bonds. The van der Waals surface area contributed by atoms with E-state index in [-0.39, 0.29) is 5.69 Å². The number of hydrogen-bond donors (Lipinski definition) is 1. The largest absolute Gasteiger partial charge is 0.380 e. The second kappa shape index (κ2) is 5.84. The van der Waals surface area contributed by atoms with Crippen LogP contribution in [0, 0.1) is 17.0 Å². The number of anilines is 1. The average Bonchev–Trinajstić information content (AvgIpc) is 2.41. The van der Waals surface area contributed by atoms with Crippen molar-refractivity contribution >= 4 is 27.3 Å². The molecule has 2 aromatic rings. The van der Waals surface area contributed by atoms with Crippen LogP contribution >= 0.6 is 15.9 Å². The van der Waals surface area contributed by atoms with E-state index in [0.717, 1.165) is 21.3 Å². The van der Waals surface area contributed by atoms with E-state index in [2.05, 4.69) is 21.2 Å². The molecular formula is C14H13BrN2O2. The van der Waals surface area contributed by atoms with E-state index in [0.29, 0.717) is 6.54 Å². The summed E-state index contributed by atoms with van der Waals surface area (Å²) in [5.74, 6) is 0. The number of nitro benzene ring substituents is 1. The van der Waals surface area contributed by atoms with Crippen LogP contribution in [0.4, 0.5) is 11.4 Å². The molecule has 0 saturated heterocycles. The molecule has 0 aliphatic rings. The predicted octanol–water partition coefficient (Wildman–Crippen LogP) is 4.28. The van der Waals surface area contributed by atoms with Crippen LogP contribution < -0.4 is 5.32 Å². The van der Waals surface area contributed by atoms with Gasteiger partial charge in [-0.05, 0) is 40.0 Å². The van der Waals surface area contributed by atoms with Crippen LogP contribution in [0.3, 0.4) is 0 Å². The second-order valence-electron chi connectivity index (χ2n) is 4.21. The number of rotatable bonds is 4. The maximum Gasteiger partial charge on any atom is 0.269 e. The third-order valence-electron chi connectivity index (χ3n) is 2.82. The van der Waals surface area contributed by atoms with Crippen molar-refractivity contribution in [1.82, 2.24) is 0 Å². The minimum absolute atomic E-state index is 0.112. The third kappa shape index (κ3) is 3.32. The van der Waals surface area contributed by atoms with Gasteiger partial charge in [-0.2, -0.15) is 0 Å². The van der Waals surface area contributed by atoms with Gasteiger partial charge < -0.3 is 5.32 Å². The molecule has 0 heterocycles. The van der Waals surface area contributed by atoms with Crippen molar-refractivity contribution in [2.24, 2.45) is 0 Å². The van der Waals surface area contributed by atoms with Gasteiger partial charge in [0.25, 0.3) is 5.69 Å². The Morgan fingerprint density at radius 3 is 2.53 bits per heavy atom. The smallest absolute Gasteiger partial charge is 0.269 e. The van der Waals surface area contributed by atoms with E-state index in [1.165, 1.54) is 12.1 Å². The van der Waals surface area contributed by atoms with Crippen LogP contribution in [0.15, 0.2) is 46.9 Å². The molecule has 4 nitrogen and oxygen atoms in total. The van der Waals surface area contributed by atoms with Gasteiger partial charge in [-0.3, -0.25) is 10.1 Å². The first-order valence-electron chi connectivity index (χ1n) is 5.80. The van der Waals surface area contributed by atoms with Gasteiger partial charge in [-0.25, -0.2) is 0 Å². The van der Waals surface area contributed by atoms with Crippen molar-refractivity contribution in [3.63, 3.8) is 0 Å². The Kier molecular flexibility index (Phi) is 4.16. The Morgan fingerprint density at radius 2 is 1.89 bits per heavy atom. The first-order chi connectivity index (χ1) is 9.08. The van der Waals surface area contributed by atoms with Crippen molar-refractivity contribution in [1.29, 1.82) is 0 Å². The standard InChI is InChI=1S/C14H13BrN2O2/c1-10-3-2-4-13(14(10)15)16-9-11-5-7-12(8-6-11)17(18)19/h2-8,16H,9H2,1H3. The Hall–Kier alpha value is -1.88. The predicted molar refractivity (Wildman–Crippen MR) is 79.3 cm³/mol. The number of benzene rings is 2. The summed E-state index contributed by atoms with van der Waals surface area (Å²) in [6.45, 7) is 2.65. The van der Waals surface area contributed by atoms with Gasteiger partial charge in [0.15, 0.2) is 0 Å². The summed E-state index contributed by atoms with van der Waals surface area (Å²) < 4.78 is 1.04. The lowest BCUT2D eigenvalue weighted by Crippen LogP contribution is -2.00. The van der Waals surface area contributed by atoms with Crippen molar-refractivity contribution in [3.05, 3.63) is 68.2 Å². The van der Waals surface area contributed by atoms with Gasteiger partial charge >= 0.3 is 0 Å². The first kappa shape index (κ1) is 13.5. The normalized spacial score (nSPS) is 10.2. The van der Waals surface area contributed by atoms with E-state index in [1.54, 1.807) is 12.1 Å². The molecule has 0 bridgehead atoms. The Bertz CT molecular complexity index is 597. The van der Waals surface area contributed by atoms with E-state index in [9.17, 15) is 10.1 Å². The fraction of sp³-hybridized carbons (Fsp3) is 0.143. The minimum atomic E-state index is -0.394. The van der Waals surface area contributed by atoms with Crippen LogP contribution in [0.5, 0.6) is 0 Å². The number of aryl methyl sites for hydroxylation is 1. The number of non-ortho nitro benzene ring substituents is 1. The second-order valence-corrected chi connectivity index (χ2v) is 5.01. The van der Waals surface area contributed by atoms with Crippen LogP contribution in [-0.4, -0.2) is 4.92 Å². The zero-order valence-corrected chi connectivity index (χ0v) is 12.0.